The maximum Gasteiger partial charge on any atom is 0.156 e. The molecule has 2 saturated carbocycles. The first-order valence-corrected chi connectivity index (χ1v) is 13.2. The number of phenols is 1. The van der Waals surface area contributed by atoms with Crippen LogP contribution in [-0.4, -0.2) is 18.0 Å². The van der Waals surface area contributed by atoms with Crippen LogP contribution >= 0.6 is 0 Å². The van der Waals surface area contributed by atoms with Crippen LogP contribution in [0.15, 0.2) is 54.2 Å². The number of rotatable bonds is 6. The van der Waals surface area contributed by atoms with Crippen LogP contribution in [0.5, 0.6) is 11.5 Å². The molecule has 0 aromatic heterocycles. The zero-order valence-corrected chi connectivity index (χ0v) is 21.1. The van der Waals surface area contributed by atoms with Gasteiger partial charge in [-0.1, -0.05) is 31.2 Å². The van der Waals surface area contributed by atoms with Crippen molar-refractivity contribution in [2.75, 3.05) is 7.11 Å². The second-order valence-electron chi connectivity index (χ2n) is 11.8. The zero-order valence-electron chi connectivity index (χ0n) is 21.1. The summed E-state index contributed by atoms with van der Waals surface area (Å²) in [4.78, 5) is 12.1. The number of phenolic OH excluding ortho intramolecular Hbond substituents is 1. The predicted molar refractivity (Wildman–Crippen MR) is 137 cm³/mol. The van der Waals surface area contributed by atoms with Crippen molar-refractivity contribution in [1.82, 2.24) is 0 Å². The van der Waals surface area contributed by atoms with Gasteiger partial charge in [-0.05, 0) is 122 Å². The Hall–Kier alpha value is -2.29. The van der Waals surface area contributed by atoms with Crippen molar-refractivity contribution in [1.29, 1.82) is 0 Å². The van der Waals surface area contributed by atoms with Gasteiger partial charge in [0.05, 0.1) is 7.11 Å². The molecule has 3 nitrogen and oxygen atoms in total. The van der Waals surface area contributed by atoms with E-state index in [9.17, 15) is 9.90 Å². The van der Waals surface area contributed by atoms with Gasteiger partial charge in [0, 0.05) is 12.5 Å². The molecule has 1 aromatic carbocycles. The molecular formula is C31H40O3. The highest BCUT2D eigenvalue weighted by Gasteiger charge is 2.59. The van der Waals surface area contributed by atoms with Crippen LogP contribution in [0.1, 0.15) is 70.8 Å². The van der Waals surface area contributed by atoms with E-state index in [2.05, 4.69) is 38.6 Å². The predicted octanol–water partition coefficient (Wildman–Crippen LogP) is 7.20. The maximum atomic E-state index is 12.1. The molecule has 3 heteroatoms. The van der Waals surface area contributed by atoms with Crippen LogP contribution in [0.2, 0.25) is 0 Å². The summed E-state index contributed by atoms with van der Waals surface area (Å²) in [6.07, 6.45) is 16.8. The lowest BCUT2D eigenvalue weighted by atomic mass is 9.47. The molecule has 182 valence electrons. The molecule has 4 aliphatic rings. The first-order chi connectivity index (χ1) is 16.3. The topological polar surface area (TPSA) is 46.5 Å². The Labute approximate surface area is 205 Å². The Morgan fingerprint density at radius 1 is 1.18 bits per heavy atom. The lowest BCUT2D eigenvalue weighted by molar-refractivity contribution is -0.116. The molecular weight excluding hydrogens is 420 g/mol. The number of carbonyl (C=O) groups is 1. The minimum atomic E-state index is 0.152. The van der Waals surface area contributed by atoms with Gasteiger partial charge in [0.2, 0.25) is 0 Å². The average Bonchev–Trinajstić information content (AvgIpc) is 3.19. The lowest BCUT2D eigenvalue weighted by Crippen LogP contribution is -2.50. The van der Waals surface area contributed by atoms with Crippen LogP contribution < -0.4 is 4.74 Å². The quantitative estimate of drug-likeness (QED) is 0.456. The van der Waals surface area contributed by atoms with Crippen molar-refractivity contribution in [3.05, 3.63) is 59.7 Å². The molecule has 1 aromatic rings. The van der Waals surface area contributed by atoms with Crippen molar-refractivity contribution in [3.63, 3.8) is 0 Å². The minimum absolute atomic E-state index is 0.152. The fourth-order valence-electron chi connectivity index (χ4n) is 8.56. The monoisotopic (exact) mass is 460 g/mol. The molecule has 0 bridgehead atoms. The number of fused-ring (bicyclic) bond motifs is 5. The summed E-state index contributed by atoms with van der Waals surface area (Å²) in [7, 11) is 1.65. The Morgan fingerprint density at radius 2 is 2.00 bits per heavy atom. The van der Waals surface area contributed by atoms with Crippen molar-refractivity contribution in [3.8, 4) is 11.5 Å². The number of ether oxygens (including phenoxy) is 1. The maximum absolute atomic E-state index is 12.1. The van der Waals surface area contributed by atoms with Gasteiger partial charge in [0.15, 0.2) is 5.78 Å². The summed E-state index contributed by atoms with van der Waals surface area (Å²) < 4.78 is 5.36. The second kappa shape index (κ2) is 8.73. The highest BCUT2D eigenvalue weighted by atomic mass is 16.5. The van der Waals surface area contributed by atoms with Crippen molar-refractivity contribution < 1.29 is 14.6 Å². The first-order valence-electron chi connectivity index (χ1n) is 13.2. The van der Waals surface area contributed by atoms with Crippen LogP contribution in [0.25, 0.3) is 0 Å². The molecule has 6 atom stereocenters. The Morgan fingerprint density at radius 3 is 2.76 bits per heavy atom. The fourth-order valence-corrected chi connectivity index (χ4v) is 8.56. The molecule has 0 unspecified atom stereocenters. The summed E-state index contributed by atoms with van der Waals surface area (Å²) in [6, 6.07) is 5.60. The van der Waals surface area contributed by atoms with E-state index in [1.165, 1.54) is 43.3 Å². The van der Waals surface area contributed by atoms with Crippen molar-refractivity contribution in [2.24, 2.45) is 34.5 Å². The number of aromatic hydroxyl groups is 1. The van der Waals surface area contributed by atoms with Crippen LogP contribution in [0.4, 0.5) is 0 Å². The van der Waals surface area contributed by atoms with Gasteiger partial charge in [0.1, 0.15) is 11.5 Å². The second-order valence-corrected chi connectivity index (χ2v) is 11.8. The van der Waals surface area contributed by atoms with E-state index < -0.39 is 0 Å². The molecule has 2 fully saturated rings. The van der Waals surface area contributed by atoms with Crippen molar-refractivity contribution >= 4 is 5.78 Å². The minimum Gasteiger partial charge on any atom is -0.508 e. The molecule has 4 aliphatic carbocycles. The molecule has 0 heterocycles. The normalized spacial score (nSPS) is 36.3. The zero-order chi connectivity index (χ0) is 24.1. The van der Waals surface area contributed by atoms with E-state index in [4.69, 9.17) is 4.74 Å². The molecule has 0 amide bonds. The number of benzene rings is 1. The van der Waals surface area contributed by atoms with Gasteiger partial charge in [-0.15, -0.1) is 0 Å². The molecule has 0 radical (unpaired) electrons. The van der Waals surface area contributed by atoms with Crippen molar-refractivity contribution in [2.45, 2.75) is 71.6 Å². The summed E-state index contributed by atoms with van der Waals surface area (Å²) >= 11 is 0. The number of hydrogen-bond donors (Lipinski definition) is 1. The van der Waals surface area contributed by atoms with Crippen LogP contribution in [-0.2, 0) is 11.2 Å². The average molecular weight is 461 g/mol. The number of aryl methyl sites for hydroxylation is 1. The number of carbonyl (C=O) groups excluding carboxylic acids is 1. The summed E-state index contributed by atoms with van der Waals surface area (Å²) in [6.45, 7) is 9.12. The molecule has 0 saturated heterocycles. The van der Waals surface area contributed by atoms with Gasteiger partial charge >= 0.3 is 0 Å². The van der Waals surface area contributed by atoms with Crippen LogP contribution in [0, 0.1) is 34.5 Å². The van der Waals surface area contributed by atoms with Gasteiger partial charge in [-0.2, -0.15) is 0 Å². The lowest BCUT2D eigenvalue weighted by Gasteiger charge is -2.57. The molecule has 0 spiro atoms. The standard InChI is InChI=1S/C31H40O3/c1-20(2)27-9-10-29-26-8-7-22-18-23(32)11-14-30(22,3)28(26)12-15-31(27,29)13-5-6-21-16-24(33)19-25(17-21)34-4/h7-8,16-19,26-29,33H,1,5-6,9-15H2,2-4H3/t26-,27-,28-,29+,30-,31-/m1/s1. The first kappa shape index (κ1) is 23.5. The van der Waals surface area contributed by atoms with E-state index in [1.807, 2.05) is 12.1 Å². The number of ketones is 1. The highest BCUT2D eigenvalue weighted by molar-refractivity contribution is 5.92. The number of allylic oxidation sites excluding steroid dienone is 5. The van der Waals surface area contributed by atoms with E-state index in [-0.39, 0.29) is 11.2 Å². The molecule has 34 heavy (non-hydrogen) atoms. The smallest absolute Gasteiger partial charge is 0.156 e. The SMILES string of the molecule is C=C(C)[C@H]1CC[C@H]2[C@@H]3C=CC4=CC(=O)CC[C@@]4(C)[C@@H]3CC[C@]12CCCc1cc(O)cc(OC)c1. The van der Waals surface area contributed by atoms with E-state index in [0.29, 0.717) is 41.3 Å². The Balaban J connectivity index is 1.41. The van der Waals surface area contributed by atoms with E-state index in [0.717, 1.165) is 30.6 Å². The highest BCUT2D eigenvalue weighted by Crippen LogP contribution is 2.67. The van der Waals surface area contributed by atoms with Gasteiger partial charge in [-0.25, -0.2) is 0 Å². The molecule has 1 N–H and O–H groups in total. The van der Waals surface area contributed by atoms with Crippen LogP contribution in [0.3, 0.4) is 0 Å². The third-order valence-corrected chi connectivity index (χ3v) is 10.1. The summed E-state index contributed by atoms with van der Waals surface area (Å²) in [5.74, 6) is 3.85. The Bertz CT molecular complexity index is 1050. The number of hydrogen-bond acceptors (Lipinski definition) is 3. The summed E-state index contributed by atoms with van der Waals surface area (Å²) in [5.41, 5.74) is 4.26. The molecule has 5 rings (SSSR count). The van der Waals surface area contributed by atoms with Gasteiger partial charge < -0.3 is 9.84 Å². The van der Waals surface area contributed by atoms with E-state index in [1.54, 1.807) is 13.2 Å². The number of methoxy groups -OCH3 is 1. The van der Waals surface area contributed by atoms with E-state index >= 15 is 0 Å². The largest absolute Gasteiger partial charge is 0.508 e. The fraction of sp³-hybridized carbons (Fsp3) is 0.581. The molecule has 0 aliphatic heterocycles. The van der Waals surface area contributed by atoms with Gasteiger partial charge in [-0.3, -0.25) is 4.79 Å². The third-order valence-electron chi connectivity index (χ3n) is 10.1. The van der Waals surface area contributed by atoms with Gasteiger partial charge in [0.25, 0.3) is 0 Å². The Kier molecular flexibility index (Phi) is 6.02. The third kappa shape index (κ3) is 3.76. The summed E-state index contributed by atoms with van der Waals surface area (Å²) in [5, 5.41) is 10.1.